The summed E-state index contributed by atoms with van der Waals surface area (Å²) in [6.45, 7) is 22.1. The number of fused-ring (bicyclic) bond motifs is 6. The van der Waals surface area contributed by atoms with Crippen molar-refractivity contribution < 1.29 is 20.0 Å². The van der Waals surface area contributed by atoms with Gasteiger partial charge < -0.3 is 0 Å². The molecule has 1 aliphatic heterocycles. The number of hydrogen-bond donors (Lipinski definition) is 0. The second-order valence-corrected chi connectivity index (χ2v) is 45.5. The molecule has 1 fully saturated rings. The van der Waals surface area contributed by atoms with Crippen molar-refractivity contribution in [3.05, 3.63) is 118 Å². The van der Waals surface area contributed by atoms with Crippen LogP contribution in [0.25, 0.3) is 34.4 Å². The zero-order chi connectivity index (χ0) is 33.7. The van der Waals surface area contributed by atoms with Gasteiger partial charge in [0.1, 0.15) is 0 Å². The monoisotopic (exact) mass is 818 g/mol. The molecule has 0 saturated carbocycles. The van der Waals surface area contributed by atoms with Gasteiger partial charge in [-0.15, -0.1) is 0 Å². The van der Waals surface area contributed by atoms with E-state index in [2.05, 4.69) is 166 Å². The van der Waals surface area contributed by atoms with Gasteiger partial charge in [0.05, 0.1) is 0 Å². The third-order valence-corrected chi connectivity index (χ3v) is 31.1. The van der Waals surface area contributed by atoms with E-state index in [-0.39, 0.29) is 5.41 Å². The summed E-state index contributed by atoms with van der Waals surface area (Å²) in [5, 5.41) is 3.07. The molecule has 3 heteroatoms. The molecule has 2 atom stereocenters. The van der Waals surface area contributed by atoms with Crippen LogP contribution in [0.4, 0.5) is 0 Å². The van der Waals surface area contributed by atoms with Gasteiger partial charge in [0.15, 0.2) is 0 Å². The molecule has 4 aromatic carbocycles. The van der Waals surface area contributed by atoms with E-state index < -0.39 is 36.1 Å². The Labute approximate surface area is 291 Å². The maximum absolute atomic E-state index is 3.11. The Kier molecular flexibility index (Phi) is 8.01. The Morgan fingerprint density at radius 2 is 0.979 bits per heavy atom. The van der Waals surface area contributed by atoms with E-state index >= 15 is 0 Å². The molecule has 0 N–H and O–H groups in total. The third-order valence-electron chi connectivity index (χ3n) is 11.8. The Morgan fingerprint density at radius 3 is 1.32 bits per heavy atom. The van der Waals surface area contributed by atoms with Gasteiger partial charge in [0.2, 0.25) is 0 Å². The molecule has 1 saturated heterocycles. The molecule has 242 valence electrons. The minimum atomic E-state index is -3.11. The quantitative estimate of drug-likeness (QED) is 0.170. The van der Waals surface area contributed by atoms with Crippen LogP contribution in [0.1, 0.15) is 56.8 Å². The van der Waals surface area contributed by atoms with Crippen LogP contribution in [0.2, 0.25) is 48.6 Å². The molecule has 1 heterocycles. The Morgan fingerprint density at radius 1 is 0.596 bits per heavy atom. The predicted molar refractivity (Wildman–Crippen MR) is 210 cm³/mol. The van der Waals surface area contributed by atoms with Gasteiger partial charge in [0, 0.05) is 0 Å². The van der Waals surface area contributed by atoms with Crippen LogP contribution in [-0.4, -0.2) is 16.1 Å². The van der Waals surface area contributed by atoms with E-state index in [1.165, 1.54) is 50.2 Å². The minimum absolute atomic E-state index is 0.0506. The summed E-state index contributed by atoms with van der Waals surface area (Å²) < 4.78 is 6.78. The molecular weight excluding hydrogens is 763 g/mol. The van der Waals surface area contributed by atoms with Crippen LogP contribution in [0.5, 0.6) is 0 Å². The van der Waals surface area contributed by atoms with Crippen LogP contribution >= 0.6 is 0 Å². The zero-order valence-corrected chi connectivity index (χ0v) is 36.3. The average Bonchev–Trinajstić information content (AvgIpc) is 3.61. The standard InChI is InChI=1S/C42H48Si2.2CH3.Hf/c1-29(2)28-42(3,34-24-32-12-10-14-38(40(32)26-34)30-16-20-36(21-17-30)43(4,5)6)35-25-33-13-11-15-39(41(33)27-35)31-18-22-37(23-19-31)44(7,8)9;;;/h10-27,29H,28H2,1-9H3;2*1H3;. The van der Waals surface area contributed by atoms with Crippen LogP contribution in [-0.2, 0) is 20.0 Å². The molecule has 2 unspecified atom stereocenters. The second-order valence-electron chi connectivity index (χ2n) is 18.1. The number of allylic oxidation sites excluding steroid dienone is 2. The first-order valence-electron chi connectivity index (χ1n) is 17.9. The molecular formula is C44H54HfSi2. The van der Waals surface area contributed by atoms with Gasteiger partial charge in [-0.25, -0.2) is 0 Å². The summed E-state index contributed by atoms with van der Waals surface area (Å²) in [7, 11) is -2.69. The molecule has 0 bridgehead atoms. The van der Waals surface area contributed by atoms with E-state index in [1.54, 1.807) is 22.3 Å². The van der Waals surface area contributed by atoms with Crippen molar-refractivity contribution >= 4 is 38.7 Å². The van der Waals surface area contributed by atoms with Crippen molar-refractivity contribution in [2.24, 2.45) is 11.3 Å². The summed E-state index contributed by atoms with van der Waals surface area (Å²) in [6.07, 6.45) is 6.59. The van der Waals surface area contributed by atoms with Gasteiger partial charge in [-0.2, -0.15) is 0 Å². The van der Waals surface area contributed by atoms with Crippen LogP contribution in [0.15, 0.2) is 96.1 Å². The number of rotatable bonds is 6. The average molecular weight is 818 g/mol. The topological polar surface area (TPSA) is 0 Å². The van der Waals surface area contributed by atoms with Crippen molar-refractivity contribution in [3.8, 4) is 22.3 Å². The predicted octanol–water partition coefficient (Wildman–Crippen LogP) is 12.0. The van der Waals surface area contributed by atoms with Crippen LogP contribution in [0.3, 0.4) is 0 Å². The van der Waals surface area contributed by atoms with Crippen LogP contribution in [0, 0.1) is 11.3 Å². The summed E-state index contributed by atoms with van der Waals surface area (Å²) >= 11 is -3.11. The van der Waals surface area contributed by atoms with E-state index in [0.29, 0.717) is 13.3 Å². The molecule has 0 spiro atoms. The van der Waals surface area contributed by atoms with Gasteiger partial charge in [0.25, 0.3) is 0 Å². The summed E-state index contributed by atoms with van der Waals surface area (Å²) in [6, 6.07) is 33.7. The van der Waals surface area contributed by atoms with E-state index in [9.17, 15) is 0 Å². The Bertz CT molecular complexity index is 1790. The van der Waals surface area contributed by atoms with E-state index in [4.69, 9.17) is 0 Å². The Balaban J connectivity index is 1.39. The third kappa shape index (κ3) is 5.38. The summed E-state index contributed by atoms with van der Waals surface area (Å²) in [5.41, 5.74) is 15.4. The first kappa shape index (κ1) is 33.2. The van der Waals surface area contributed by atoms with Crippen molar-refractivity contribution in [1.29, 1.82) is 0 Å². The molecule has 47 heavy (non-hydrogen) atoms. The van der Waals surface area contributed by atoms with Crippen LogP contribution < -0.4 is 10.4 Å². The maximum atomic E-state index is 2.79. The fraction of sp³-hybridized carbons (Fsp3) is 0.364. The first-order valence-corrected chi connectivity index (χ1v) is 36.3. The molecule has 4 aromatic rings. The first-order chi connectivity index (χ1) is 22.0. The molecule has 0 radical (unpaired) electrons. The van der Waals surface area contributed by atoms with Crippen molar-refractivity contribution in [2.75, 3.05) is 0 Å². The molecule has 0 amide bonds. The van der Waals surface area contributed by atoms with E-state index in [1.807, 2.05) is 0 Å². The molecule has 3 aliphatic rings. The zero-order valence-electron chi connectivity index (χ0n) is 30.7. The molecule has 2 aliphatic carbocycles. The fourth-order valence-electron chi connectivity index (χ4n) is 9.55. The molecule has 0 nitrogen and oxygen atoms in total. The fourth-order valence-corrected chi connectivity index (χ4v) is 29.3. The van der Waals surface area contributed by atoms with E-state index in [0.717, 1.165) is 0 Å². The second kappa shape index (κ2) is 11.4. The van der Waals surface area contributed by atoms with Gasteiger partial charge in [-0.1, -0.05) is 0 Å². The Hall–Kier alpha value is -2.34. The van der Waals surface area contributed by atoms with Crippen molar-refractivity contribution in [2.45, 2.75) is 83.2 Å². The SMILES string of the molecule is CC(C)CC1(C)C2=Cc3c(-c4ccc([Si](C)(C)C)cc4)cccc3[CH]2[Hf]([CH3])([CH3])[CH]2C1=Cc1c(-c3ccc([Si](C)(C)C)cc3)cccc12. The number of benzene rings is 4. The molecule has 0 aromatic heterocycles. The van der Waals surface area contributed by atoms with Crippen molar-refractivity contribution in [3.63, 3.8) is 0 Å². The molecule has 7 rings (SSSR count). The summed E-state index contributed by atoms with van der Waals surface area (Å²) in [5.74, 6) is 0.621. The van der Waals surface area contributed by atoms with Gasteiger partial charge >= 0.3 is 294 Å². The normalized spacial score (nSPS) is 22.7. The van der Waals surface area contributed by atoms with Gasteiger partial charge in [-0.05, 0) is 0 Å². The number of hydrogen-bond acceptors (Lipinski definition) is 0. The van der Waals surface area contributed by atoms with Crippen molar-refractivity contribution in [1.82, 2.24) is 0 Å². The summed E-state index contributed by atoms with van der Waals surface area (Å²) in [4.78, 5) is 0. The van der Waals surface area contributed by atoms with Gasteiger partial charge in [-0.3, -0.25) is 0 Å².